The molecule has 1 heterocycles. The van der Waals surface area contributed by atoms with Gasteiger partial charge >= 0.3 is 5.97 Å². The standard InChI is InChI=1S/C15H20N4O4/c16-15(17)18-5-6-23-11-2-3-12-10(8-11)7-9(14(22)19-12)1-4-13(20)21/h2-3,8-9H,1,4-7H2,(H,19,22)(H,20,21)(H4,16,17,18). The van der Waals surface area contributed by atoms with Gasteiger partial charge in [0.05, 0.1) is 6.54 Å². The van der Waals surface area contributed by atoms with E-state index in [9.17, 15) is 9.59 Å². The summed E-state index contributed by atoms with van der Waals surface area (Å²) in [5.74, 6) is -0.707. The van der Waals surface area contributed by atoms with E-state index in [4.69, 9.17) is 21.3 Å². The maximum Gasteiger partial charge on any atom is 0.303 e. The number of carboxylic acids is 1. The Bertz CT molecular complexity index is 626. The molecule has 6 N–H and O–H groups in total. The Hall–Kier alpha value is -2.77. The highest BCUT2D eigenvalue weighted by molar-refractivity contribution is 5.96. The average molecular weight is 320 g/mol. The molecule has 1 aromatic rings. The third-order valence-electron chi connectivity index (χ3n) is 3.53. The zero-order valence-corrected chi connectivity index (χ0v) is 12.6. The molecule has 1 aromatic carbocycles. The Morgan fingerprint density at radius 1 is 1.43 bits per heavy atom. The van der Waals surface area contributed by atoms with Crippen LogP contribution in [-0.2, 0) is 16.0 Å². The summed E-state index contributed by atoms with van der Waals surface area (Å²) in [6.45, 7) is 0.697. The first-order valence-corrected chi connectivity index (χ1v) is 7.29. The van der Waals surface area contributed by atoms with Crippen LogP contribution >= 0.6 is 0 Å². The van der Waals surface area contributed by atoms with Crippen LogP contribution in [0.15, 0.2) is 23.2 Å². The number of guanidine groups is 1. The fourth-order valence-corrected chi connectivity index (χ4v) is 2.41. The minimum Gasteiger partial charge on any atom is -0.492 e. The zero-order valence-electron chi connectivity index (χ0n) is 12.6. The van der Waals surface area contributed by atoms with Crippen molar-refractivity contribution < 1.29 is 19.4 Å². The molecule has 1 atom stereocenters. The van der Waals surface area contributed by atoms with E-state index in [0.29, 0.717) is 31.7 Å². The second kappa shape index (κ2) is 7.48. The van der Waals surface area contributed by atoms with Crippen molar-refractivity contribution in [3.8, 4) is 5.75 Å². The van der Waals surface area contributed by atoms with Crippen molar-refractivity contribution >= 4 is 23.5 Å². The molecule has 0 bridgehead atoms. The summed E-state index contributed by atoms with van der Waals surface area (Å²) in [5.41, 5.74) is 12.1. The van der Waals surface area contributed by atoms with Gasteiger partial charge in [0.2, 0.25) is 5.91 Å². The number of aliphatic imine (C=N–C) groups is 1. The Kier molecular flexibility index (Phi) is 5.40. The maximum absolute atomic E-state index is 12.0. The predicted octanol–water partition coefficient (Wildman–Crippen LogP) is 0.314. The molecule has 1 aliphatic rings. The summed E-state index contributed by atoms with van der Waals surface area (Å²) in [5, 5.41) is 11.5. The lowest BCUT2D eigenvalue weighted by Gasteiger charge is -2.24. The number of fused-ring (bicyclic) bond motifs is 1. The van der Waals surface area contributed by atoms with Crippen molar-refractivity contribution in [2.75, 3.05) is 18.5 Å². The highest BCUT2D eigenvalue weighted by Crippen LogP contribution is 2.30. The van der Waals surface area contributed by atoms with Crippen LogP contribution in [0, 0.1) is 5.92 Å². The SMILES string of the molecule is NC(N)=NCCOc1ccc2c(c1)CC(CCC(=O)O)C(=O)N2. The van der Waals surface area contributed by atoms with E-state index >= 15 is 0 Å². The Morgan fingerprint density at radius 2 is 2.22 bits per heavy atom. The number of hydrogen-bond donors (Lipinski definition) is 4. The summed E-state index contributed by atoms with van der Waals surface area (Å²) in [4.78, 5) is 26.4. The predicted molar refractivity (Wildman–Crippen MR) is 85.3 cm³/mol. The number of carbonyl (C=O) groups excluding carboxylic acids is 1. The molecule has 1 aliphatic heterocycles. The van der Waals surface area contributed by atoms with Gasteiger partial charge in [-0.05, 0) is 36.6 Å². The molecule has 0 saturated heterocycles. The van der Waals surface area contributed by atoms with Gasteiger partial charge in [0.25, 0.3) is 0 Å². The molecule has 0 fully saturated rings. The first kappa shape index (κ1) is 16.6. The topological polar surface area (TPSA) is 140 Å². The van der Waals surface area contributed by atoms with Gasteiger partial charge in [-0.15, -0.1) is 0 Å². The normalized spacial score (nSPS) is 16.2. The van der Waals surface area contributed by atoms with Gasteiger partial charge in [-0.3, -0.25) is 14.6 Å². The molecule has 0 aromatic heterocycles. The van der Waals surface area contributed by atoms with E-state index in [2.05, 4.69) is 10.3 Å². The highest BCUT2D eigenvalue weighted by atomic mass is 16.5. The molecule has 2 rings (SSSR count). The fraction of sp³-hybridized carbons (Fsp3) is 0.400. The number of benzene rings is 1. The van der Waals surface area contributed by atoms with Crippen molar-refractivity contribution in [1.82, 2.24) is 0 Å². The molecule has 1 amide bonds. The van der Waals surface area contributed by atoms with Gasteiger partial charge in [0.15, 0.2) is 5.96 Å². The third kappa shape index (κ3) is 4.87. The van der Waals surface area contributed by atoms with E-state index in [-0.39, 0.29) is 24.2 Å². The van der Waals surface area contributed by atoms with Crippen LogP contribution < -0.4 is 21.5 Å². The average Bonchev–Trinajstić information content (AvgIpc) is 2.49. The lowest BCUT2D eigenvalue weighted by atomic mass is 9.89. The largest absolute Gasteiger partial charge is 0.492 e. The molecular weight excluding hydrogens is 300 g/mol. The van der Waals surface area contributed by atoms with Crippen molar-refractivity contribution in [1.29, 1.82) is 0 Å². The quantitative estimate of drug-likeness (QED) is 0.324. The number of hydrogen-bond acceptors (Lipinski definition) is 4. The van der Waals surface area contributed by atoms with Crippen LogP contribution in [0.1, 0.15) is 18.4 Å². The number of aliphatic carboxylic acids is 1. The summed E-state index contributed by atoms with van der Waals surface area (Å²) in [6, 6.07) is 5.38. The molecule has 8 heteroatoms. The maximum atomic E-state index is 12.0. The minimum absolute atomic E-state index is 0.0167. The lowest BCUT2D eigenvalue weighted by molar-refractivity contribution is -0.137. The number of nitrogens with zero attached hydrogens (tertiary/aromatic N) is 1. The van der Waals surface area contributed by atoms with Gasteiger partial charge in [-0.2, -0.15) is 0 Å². The van der Waals surface area contributed by atoms with E-state index in [1.54, 1.807) is 12.1 Å². The van der Waals surface area contributed by atoms with Crippen molar-refractivity contribution in [2.24, 2.45) is 22.4 Å². The van der Waals surface area contributed by atoms with E-state index < -0.39 is 5.97 Å². The number of carboxylic acid groups (broad SMARTS) is 1. The number of ether oxygens (including phenoxy) is 1. The number of anilines is 1. The van der Waals surface area contributed by atoms with Crippen LogP contribution in [0.3, 0.4) is 0 Å². The van der Waals surface area contributed by atoms with Crippen molar-refractivity contribution in [3.63, 3.8) is 0 Å². The summed E-state index contributed by atoms with van der Waals surface area (Å²) >= 11 is 0. The molecule has 0 aliphatic carbocycles. The first-order valence-electron chi connectivity index (χ1n) is 7.29. The Balaban J connectivity index is 1.99. The summed E-state index contributed by atoms with van der Waals surface area (Å²) in [7, 11) is 0. The molecule has 0 saturated carbocycles. The second-order valence-electron chi connectivity index (χ2n) is 5.30. The van der Waals surface area contributed by atoms with Crippen LogP contribution in [0.5, 0.6) is 5.75 Å². The summed E-state index contributed by atoms with van der Waals surface area (Å²) in [6.07, 6.45) is 0.790. The zero-order chi connectivity index (χ0) is 16.8. The number of carbonyl (C=O) groups is 2. The van der Waals surface area contributed by atoms with E-state index in [1.807, 2.05) is 6.07 Å². The smallest absolute Gasteiger partial charge is 0.303 e. The number of nitrogens with one attached hydrogen (secondary N) is 1. The monoisotopic (exact) mass is 320 g/mol. The number of rotatable bonds is 7. The fourth-order valence-electron chi connectivity index (χ4n) is 2.41. The van der Waals surface area contributed by atoms with Gasteiger partial charge in [-0.25, -0.2) is 0 Å². The molecule has 0 spiro atoms. The minimum atomic E-state index is -0.902. The molecule has 1 unspecified atom stereocenters. The van der Waals surface area contributed by atoms with Gasteiger partial charge in [-0.1, -0.05) is 0 Å². The van der Waals surface area contributed by atoms with Crippen LogP contribution in [0.4, 0.5) is 5.69 Å². The number of amides is 1. The van der Waals surface area contributed by atoms with E-state index in [1.165, 1.54) is 0 Å². The van der Waals surface area contributed by atoms with Crippen molar-refractivity contribution in [3.05, 3.63) is 23.8 Å². The third-order valence-corrected chi connectivity index (χ3v) is 3.53. The summed E-state index contributed by atoms with van der Waals surface area (Å²) < 4.78 is 5.56. The molecular formula is C15H20N4O4. The molecule has 0 radical (unpaired) electrons. The lowest BCUT2D eigenvalue weighted by Crippen LogP contribution is -2.30. The van der Waals surface area contributed by atoms with Gasteiger partial charge in [0, 0.05) is 18.0 Å². The second-order valence-corrected chi connectivity index (χ2v) is 5.30. The molecule has 23 heavy (non-hydrogen) atoms. The van der Waals surface area contributed by atoms with Crippen molar-refractivity contribution in [2.45, 2.75) is 19.3 Å². The van der Waals surface area contributed by atoms with Gasteiger partial charge in [0.1, 0.15) is 12.4 Å². The van der Waals surface area contributed by atoms with Crippen LogP contribution in [0.2, 0.25) is 0 Å². The molecule has 124 valence electrons. The number of nitrogens with two attached hydrogens (primary N) is 2. The Labute approximate surface area is 133 Å². The van der Waals surface area contributed by atoms with Gasteiger partial charge < -0.3 is 26.6 Å². The van der Waals surface area contributed by atoms with Crippen LogP contribution in [0.25, 0.3) is 0 Å². The first-order chi connectivity index (χ1) is 11.0. The Morgan fingerprint density at radius 3 is 2.91 bits per heavy atom. The highest BCUT2D eigenvalue weighted by Gasteiger charge is 2.26. The molecule has 8 nitrogen and oxygen atoms in total. The van der Waals surface area contributed by atoms with Crippen LogP contribution in [-0.4, -0.2) is 36.1 Å². The van der Waals surface area contributed by atoms with E-state index in [0.717, 1.165) is 11.3 Å².